The van der Waals surface area contributed by atoms with E-state index < -0.39 is 0 Å². The third-order valence-electron chi connectivity index (χ3n) is 7.58. The summed E-state index contributed by atoms with van der Waals surface area (Å²) in [6.45, 7) is 8.34. The molecule has 0 saturated carbocycles. The van der Waals surface area contributed by atoms with Gasteiger partial charge in [0.2, 0.25) is 0 Å². The van der Waals surface area contributed by atoms with E-state index in [1.807, 2.05) is 11.8 Å². The van der Waals surface area contributed by atoms with Crippen LogP contribution in [0.1, 0.15) is 38.8 Å². The zero-order valence-electron chi connectivity index (χ0n) is 21.1. The molecule has 0 aromatic heterocycles. The smallest absolute Gasteiger partial charge is 0.399 e. The number of benzene rings is 4. The van der Waals surface area contributed by atoms with Gasteiger partial charge in [-0.1, -0.05) is 103 Å². The molecule has 0 radical (unpaired) electrons. The lowest BCUT2D eigenvalue weighted by Gasteiger charge is -2.32. The molecule has 0 unspecified atom stereocenters. The summed E-state index contributed by atoms with van der Waals surface area (Å²) < 4.78 is 12.4. The second-order valence-corrected chi connectivity index (χ2v) is 11.6. The van der Waals surface area contributed by atoms with Crippen molar-refractivity contribution in [1.82, 2.24) is 0 Å². The summed E-state index contributed by atoms with van der Waals surface area (Å²) in [5, 5.41) is 0. The Labute approximate surface area is 218 Å². The van der Waals surface area contributed by atoms with Gasteiger partial charge in [-0.25, -0.2) is 0 Å². The summed E-state index contributed by atoms with van der Waals surface area (Å²) in [7, 11) is -0.334. The van der Waals surface area contributed by atoms with Crippen molar-refractivity contribution in [2.45, 2.75) is 48.7 Å². The Kier molecular flexibility index (Phi) is 5.72. The minimum absolute atomic E-state index is 0.333. The van der Waals surface area contributed by atoms with E-state index in [2.05, 4.69) is 131 Å². The lowest BCUT2D eigenvalue weighted by atomic mass is 9.78. The first-order valence-electron chi connectivity index (χ1n) is 12.4. The van der Waals surface area contributed by atoms with Crippen molar-refractivity contribution in [3.63, 3.8) is 0 Å². The molecular formula is C32H29BO2S. The van der Waals surface area contributed by atoms with Crippen LogP contribution in [-0.4, -0.2) is 18.3 Å². The Morgan fingerprint density at radius 2 is 1.06 bits per heavy atom. The van der Waals surface area contributed by atoms with E-state index >= 15 is 0 Å². The largest absolute Gasteiger partial charge is 0.494 e. The van der Waals surface area contributed by atoms with Gasteiger partial charge >= 0.3 is 7.12 Å². The zero-order valence-corrected chi connectivity index (χ0v) is 21.9. The molecule has 2 aliphatic rings. The molecule has 1 fully saturated rings. The molecule has 6 rings (SSSR count). The minimum Gasteiger partial charge on any atom is -0.399 e. The Morgan fingerprint density at radius 1 is 0.556 bits per heavy atom. The van der Waals surface area contributed by atoms with Gasteiger partial charge < -0.3 is 9.31 Å². The van der Waals surface area contributed by atoms with Gasteiger partial charge in [0.1, 0.15) is 0 Å². The molecule has 0 N–H and O–H groups in total. The van der Waals surface area contributed by atoms with Crippen LogP contribution < -0.4 is 5.46 Å². The fraction of sp³-hybridized carbons (Fsp3) is 0.188. The molecule has 1 saturated heterocycles. The van der Waals surface area contributed by atoms with Crippen LogP contribution in [0, 0.1) is 0 Å². The molecule has 2 nitrogen and oxygen atoms in total. The highest BCUT2D eigenvalue weighted by atomic mass is 32.2. The fourth-order valence-electron chi connectivity index (χ4n) is 4.62. The maximum atomic E-state index is 6.20. The van der Waals surface area contributed by atoms with E-state index in [1.54, 1.807) is 0 Å². The van der Waals surface area contributed by atoms with Crippen molar-refractivity contribution in [3.8, 4) is 22.3 Å². The van der Waals surface area contributed by atoms with Crippen LogP contribution in [0.2, 0.25) is 0 Å². The highest BCUT2D eigenvalue weighted by Crippen LogP contribution is 2.40. The topological polar surface area (TPSA) is 18.5 Å². The van der Waals surface area contributed by atoms with Gasteiger partial charge in [-0.3, -0.25) is 0 Å². The van der Waals surface area contributed by atoms with Crippen LogP contribution in [0.4, 0.5) is 0 Å². The van der Waals surface area contributed by atoms with Crippen LogP contribution >= 0.6 is 11.8 Å². The first kappa shape index (κ1) is 23.4. The molecule has 36 heavy (non-hydrogen) atoms. The van der Waals surface area contributed by atoms with E-state index in [4.69, 9.17) is 9.31 Å². The molecule has 0 bridgehead atoms. The number of rotatable bonds is 3. The third kappa shape index (κ3) is 4.24. The van der Waals surface area contributed by atoms with E-state index in [-0.39, 0.29) is 18.3 Å². The Bertz CT molecular complexity index is 1440. The van der Waals surface area contributed by atoms with Crippen LogP contribution in [-0.2, 0) is 9.31 Å². The van der Waals surface area contributed by atoms with Crippen molar-refractivity contribution >= 4 is 36.5 Å². The summed E-state index contributed by atoms with van der Waals surface area (Å²) in [5.41, 5.74) is 7.75. The molecule has 4 heteroatoms. The molecule has 0 aliphatic carbocycles. The molecule has 0 atom stereocenters. The van der Waals surface area contributed by atoms with Crippen molar-refractivity contribution in [1.29, 1.82) is 0 Å². The van der Waals surface area contributed by atoms with Gasteiger partial charge in [-0.15, -0.1) is 0 Å². The summed E-state index contributed by atoms with van der Waals surface area (Å²) in [4.78, 5) is 2.58. The Morgan fingerprint density at radius 3 is 1.69 bits per heavy atom. The predicted octanol–water partition coefficient (Wildman–Crippen LogP) is 7.95. The summed E-state index contributed by atoms with van der Waals surface area (Å²) in [6.07, 6.45) is 4.43. The summed E-state index contributed by atoms with van der Waals surface area (Å²) in [6, 6.07) is 32.7. The van der Waals surface area contributed by atoms with Gasteiger partial charge in [0, 0.05) is 9.79 Å². The van der Waals surface area contributed by atoms with Crippen LogP contribution in [0.5, 0.6) is 0 Å². The average molecular weight is 488 g/mol. The maximum Gasteiger partial charge on any atom is 0.494 e. The van der Waals surface area contributed by atoms with Crippen molar-refractivity contribution in [2.24, 2.45) is 0 Å². The fourth-order valence-corrected chi connectivity index (χ4v) is 5.69. The van der Waals surface area contributed by atoms with Gasteiger partial charge in [0.15, 0.2) is 0 Å². The number of hydrogen-bond donors (Lipinski definition) is 0. The quantitative estimate of drug-likeness (QED) is 0.240. The summed E-state index contributed by atoms with van der Waals surface area (Å²) >= 11 is 1.84. The van der Waals surface area contributed by atoms with Gasteiger partial charge in [-0.05, 0) is 78.7 Å². The molecule has 4 aromatic rings. The van der Waals surface area contributed by atoms with E-state index in [1.165, 1.54) is 43.2 Å². The number of hydrogen-bond acceptors (Lipinski definition) is 3. The second-order valence-electron chi connectivity index (χ2n) is 10.5. The zero-order chi connectivity index (χ0) is 24.9. The molecule has 2 aliphatic heterocycles. The van der Waals surface area contributed by atoms with Gasteiger partial charge in [0.05, 0.1) is 11.2 Å². The van der Waals surface area contributed by atoms with Crippen LogP contribution in [0.25, 0.3) is 34.4 Å². The SMILES string of the molecule is CC1(C)OB(c2ccc(-c3ccc(-c4ccc5c(c4)Sc4ccccc4C=C5)cc3)cc2)OC1(C)C. The van der Waals surface area contributed by atoms with Gasteiger partial charge in [0.25, 0.3) is 0 Å². The van der Waals surface area contributed by atoms with E-state index in [0.717, 1.165) is 5.46 Å². The maximum absolute atomic E-state index is 6.20. The van der Waals surface area contributed by atoms with Crippen LogP contribution in [0.3, 0.4) is 0 Å². The Balaban J connectivity index is 1.21. The molecule has 178 valence electrons. The van der Waals surface area contributed by atoms with Crippen molar-refractivity contribution in [2.75, 3.05) is 0 Å². The first-order valence-corrected chi connectivity index (χ1v) is 13.3. The molecule has 0 spiro atoms. The van der Waals surface area contributed by atoms with Crippen LogP contribution in [0.15, 0.2) is 101 Å². The second kappa shape index (κ2) is 8.81. The van der Waals surface area contributed by atoms with E-state index in [9.17, 15) is 0 Å². The standard InChI is InChI=1S/C32H29BO2S/c1-31(2)32(3,4)35-33(34-31)28-19-17-23(18-20-28)22-9-11-24(12-10-22)27-16-15-26-14-13-25-7-5-6-8-29(25)36-30(26)21-27/h5-21H,1-4H3. The highest BCUT2D eigenvalue weighted by Gasteiger charge is 2.51. The molecule has 4 aromatic carbocycles. The monoisotopic (exact) mass is 488 g/mol. The highest BCUT2D eigenvalue weighted by molar-refractivity contribution is 7.99. The van der Waals surface area contributed by atoms with Crippen molar-refractivity contribution < 1.29 is 9.31 Å². The number of fused-ring (bicyclic) bond motifs is 2. The lowest BCUT2D eigenvalue weighted by Crippen LogP contribution is -2.41. The van der Waals surface area contributed by atoms with Gasteiger partial charge in [-0.2, -0.15) is 0 Å². The molecule has 2 heterocycles. The normalized spacial score (nSPS) is 17.4. The van der Waals surface area contributed by atoms with E-state index in [0.29, 0.717) is 0 Å². The first-order chi connectivity index (χ1) is 17.3. The molecule has 0 amide bonds. The predicted molar refractivity (Wildman–Crippen MR) is 153 cm³/mol. The lowest BCUT2D eigenvalue weighted by molar-refractivity contribution is 0.00578. The average Bonchev–Trinajstić information content (AvgIpc) is 3.00. The Hall–Kier alpha value is -3.05. The third-order valence-corrected chi connectivity index (χ3v) is 8.75. The summed E-state index contributed by atoms with van der Waals surface area (Å²) in [5.74, 6) is 0. The molecular weight excluding hydrogens is 459 g/mol. The minimum atomic E-state index is -0.334. The van der Waals surface area contributed by atoms with Crippen molar-refractivity contribution in [3.05, 3.63) is 102 Å².